The van der Waals surface area contributed by atoms with E-state index in [0.29, 0.717) is 17.7 Å². The van der Waals surface area contributed by atoms with Crippen LogP contribution in [0, 0.1) is 11.7 Å². The summed E-state index contributed by atoms with van der Waals surface area (Å²) < 4.78 is 21.2. The van der Waals surface area contributed by atoms with Crippen LogP contribution in [0.4, 0.5) is 4.39 Å². The predicted molar refractivity (Wildman–Crippen MR) is 116 cm³/mol. The van der Waals surface area contributed by atoms with Gasteiger partial charge in [-0.25, -0.2) is 4.39 Å². The lowest BCUT2D eigenvalue weighted by Crippen LogP contribution is -2.74. The Balaban J connectivity index is 1.43. The van der Waals surface area contributed by atoms with Gasteiger partial charge in [-0.2, -0.15) is 0 Å². The van der Waals surface area contributed by atoms with Crippen LogP contribution in [-0.2, 0) is 18.3 Å². The van der Waals surface area contributed by atoms with Gasteiger partial charge < -0.3 is 19.9 Å². The van der Waals surface area contributed by atoms with Crippen LogP contribution in [0.5, 0.6) is 11.5 Å². The van der Waals surface area contributed by atoms with E-state index in [1.807, 2.05) is 12.1 Å². The molecule has 6 heteroatoms. The number of fused-ring (bicyclic) bond motifs is 4. The fourth-order valence-corrected chi connectivity index (χ4v) is 7.61. The molecule has 1 saturated heterocycles. The molecule has 5 nitrogen and oxygen atoms in total. The van der Waals surface area contributed by atoms with Crippen LogP contribution < -0.4 is 4.74 Å². The average molecular weight is 432 g/mol. The standard InChI is InChI=1S/C26H25FN2O3/c27-17-3-1-2-15-16-11-26(31)19-10-14-6-7-18(30)23-20(14)25(26,8-9-29(19)12-13-4-5-13)24(32-23)22(16)28-21(15)17/h1-3,6-7,13,19,24,28,30-31H,4-5,8-12H2/t19-,24+,25+,26-/m1/s1. The van der Waals surface area contributed by atoms with Crippen molar-refractivity contribution >= 4 is 10.9 Å². The van der Waals surface area contributed by atoms with Crippen molar-refractivity contribution in [3.05, 3.63) is 58.5 Å². The van der Waals surface area contributed by atoms with Gasteiger partial charge in [0.25, 0.3) is 0 Å². The molecule has 32 heavy (non-hydrogen) atoms. The molecule has 0 radical (unpaired) electrons. The largest absolute Gasteiger partial charge is 0.504 e. The van der Waals surface area contributed by atoms with Gasteiger partial charge in [0.1, 0.15) is 5.82 Å². The molecule has 1 saturated carbocycles. The summed E-state index contributed by atoms with van der Waals surface area (Å²) in [6.45, 7) is 1.94. The molecule has 2 bridgehead atoms. The van der Waals surface area contributed by atoms with Crippen molar-refractivity contribution in [1.29, 1.82) is 0 Å². The molecule has 3 aliphatic carbocycles. The van der Waals surface area contributed by atoms with Gasteiger partial charge in [-0.05, 0) is 61.4 Å². The molecule has 1 spiro atoms. The van der Waals surface area contributed by atoms with Crippen LogP contribution in [0.1, 0.15) is 47.8 Å². The first-order valence-electron chi connectivity index (χ1n) is 11.8. The maximum absolute atomic E-state index is 14.7. The summed E-state index contributed by atoms with van der Waals surface area (Å²) in [6.07, 6.45) is 4.06. The number of likely N-dealkylation sites (tertiary alicyclic amines) is 1. The first-order valence-corrected chi connectivity index (χ1v) is 11.8. The molecule has 5 aliphatic rings. The van der Waals surface area contributed by atoms with E-state index in [-0.39, 0.29) is 17.6 Å². The first-order chi connectivity index (χ1) is 15.5. The highest BCUT2D eigenvalue weighted by atomic mass is 19.1. The van der Waals surface area contributed by atoms with Crippen molar-refractivity contribution in [2.24, 2.45) is 5.92 Å². The topological polar surface area (TPSA) is 68.7 Å². The number of aromatic amines is 1. The number of hydrogen-bond donors (Lipinski definition) is 3. The van der Waals surface area contributed by atoms with Gasteiger partial charge >= 0.3 is 0 Å². The van der Waals surface area contributed by atoms with Gasteiger partial charge in [-0.3, -0.25) is 4.90 Å². The highest BCUT2D eigenvalue weighted by Crippen LogP contribution is 2.69. The van der Waals surface area contributed by atoms with E-state index in [1.165, 1.54) is 24.5 Å². The number of aliphatic hydroxyl groups is 1. The Hall–Kier alpha value is -2.57. The number of halogens is 1. The van der Waals surface area contributed by atoms with Crippen molar-refractivity contribution in [1.82, 2.24) is 9.88 Å². The number of nitrogens with zero attached hydrogens (tertiary/aromatic N) is 1. The second kappa shape index (κ2) is 5.49. The number of piperidine rings is 1. The SMILES string of the molecule is Oc1ccc2c3c1O[C@H]1c4[nH]c5c(F)cccc5c4C[C@@]4(O)[C@@H](C2)N(CC2CC2)CC[C@]314. The summed E-state index contributed by atoms with van der Waals surface area (Å²) >= 11 is 0. The summed E-state index contributed by atoms with van der Waals surface area (Å²) in [7, 11) is 0. The van der Waals surface area contributed by atoms with Gasteiger partial charge in [-0.15, -0.1) is 0 Å². The van der Waals surface area contributed by atoms with Crippen LogP contribution in [0.25, 0.3) is 10.9 Å². The minimum Gasteiger partial charge on any atom is -0.504 e. The number of H-pyrrole nitrogens is 1. The predicted octanol–water partition coefficient (Wildman–Crippen LogP) is 3.71. The number of hydrogen-bond acceptors (Lipinski definition) is 4. The van der Waals surface area contributed by atoms with E-state index < -0.39 is 17.1 Å². The lowest BCUT2D eigenvalue weighted by Gasteiger charge is -2.62. The second-order valence-electron chi connectivity index (χ2n) is 10.6. The van der Waals surface area contributed by atoms with E-state index in [2.05, 4.69) is 9.88 Å². The minimum atomic E-state index is -1.04. The maximum atomic E-state index is 14.7. The molecule has 1 aromatic heterocycles. The Morgan fingerprint density at radius 2 is 2.09 bits per heavy atom. The van der Waals surface area contributed by atoms with Crippen molar-refractivity contribution < 1.29 is 19.3 Å². The van der Waals surface area contributed by atoms with Crippen molar-refractivity contribution in [3.63, 3.8) is 0 Å². The molecule has 164 valence electrons. The normalized spacial score (nSPS) is 34.3. The summed E-state index contributed by atoms with van der Waals surface area (Å²) in [4.78, 5) is 5.84. The number of phenols is 1. The van der Waals surface area contributed by atoms with Gasteiger partial charge in [0, 0.05) is 30.0 Å². The first kappa shape index (κ1) is 17.9. The average Bonchev–Trinajstić information content (AvgIpc) is 3.40. The Bertz CT molecular complexity index is 1330. The Kier molecular flexibility index (Phi) is 3.07. The molecule has 0 unspecified atom stereocenters. The van der Waals surface area contributed by atoms with E-state index in [4.69, 9.17) is 4.74 Å². The molecule has 3 N–H and O–H groups in total. The van der Waals surface area contributed by atoms with Gasteiger partial charge in [0.2, 0.25) is 0 Å². The Morgan fingerprint density at radius 3 is 2.94 bits per heavy atom. The van der Waals surface area contributed by atoms with Gasteiger partial charge in [-0.1, -0.05) is 18.2 Å². The maximum Gasteiger partial charge on any atom is 0.166 e. The van der Waals surface area contributed by atoms with Crippen LogP contribution in [0.3, 0.4) is 0 Å². The highest BCUT2D eigenvalue weighted by Gasteiger charge is 2.72. The molecule has 4 atom stereocenters. The molecular formula is C26H25FN2O3. The highest BCUT2D eigenvalue weighted by molar-refractivity contribution is 5.86. The van der Waals surface area contributed by atoms with E-state index >= 15 is 0 Å². The van der Waals surface area contributed by atoms with E-state index in [9.17, 15) is 14.6 Å². The van der Waals surface area contributed by atoms with Gasteiger partial charge in [0.15, 0.2) is 17.6 Å². The molecule has 3 aromatic rings. The number of aromatic hydroxyl groups is 1. The smallest absolute Gasteiger partial charge is 0.166 e. The van der Waals surface area contributed by atoms with E-state index in [0.717, 1.165) is 54.1 Å². The number of nitrogens with one attached hydrogen (secondary N) is 1. The molecule has 8 rings (SSSR count). The summed E-state index contributed by atoms with van der Waals surface area (Å²) in [6, 6.07) is 8.84. The molecule has 3 heterocycles. The summed E-state index contributed by atoms with van der Waals surface area (Å²) in [5, 5.41) is 24.2. The lowest BCUT2D eigenvalue weighted by molar-refractivity contribution is -0.173. The zero-order valence-electron chi connectivity index (χ0n) is 17.7. The number of ether oxygens (including phenoxy) is 1. The lowest BCUT2D eigenvalue weighted by atomic mass is 9.49. The summed E-state index contributed by atoms with van der Waals surface area (Å²) in [5.41, 5.74) is 2.77. The Morgan fingerprint density at radius 1 is 1.22 bits per heavy atom. The molecule has 2 fully saturated rings. The third kappa shape index (κ3) is 1.86. The molecular weight excluding hydrogens is 407 g/mol. The fraction of sp³-hybridized carbons (Fsp3) is 0.462. The number of phenolic OH excluding ortho intramolecular Hbond substituents is 1. The zero-order chi connectivity index (χ0) is 21.4. The number of para-hydroxylation sites is 1. The molecule has 2 aliphatic heterocycles. The molecule has 2 aromatic carbocycles. The Labute approximate surface area is 184 Å². The quantitative estimate of drug-likeness (QED) is 0.578. The number of benzene rings is 2. The minimum absolute atomic E-state index is 0.0161. The third-order valence-corrected chi connectivity index (χ3v) is 9.15. The van der Waals surface area contributed by atoms with E-state index in [1.54, 1.807) is 12.1 Å². The van der Waals surface area contributed by atoms with Crippen molar-refractivity contribution in [2.75, 3.05) is 13.1 Å². The number of rotatable bonds is 2. The van der Waals surface area contributed by atoms with Gasteiger partial charge in [0.05, 0.1) is 22.2 Å². The van der Waals surface area contributed by atoms with Crippen LogP contribution in [-0.4, -0.2) is 44.8 Å². The fourth-order valence-electron chi connectivity index (χ4n) is 7.61. The third-order valence-electron chi connectivity index (χ3n) is 9.15. The van der Waals surface area contributed by atoms with Crippen LogP contribution in [0.15, 0.2) is 30.3 Å². The molecule has 0 amide bonds. The number of aromatic nitrogens is 1. The van der Waals surface area contributed by atoms with Crippen molar-refractivity contribution in [3.8, 4) is 11.5 Å². The second-order valence-corrected chi connectivity index (χ2v) is 10.6. The summed E-state index contributed by atoms with van der Waals surface area (Å²) in [5.74, 6) is 1.08. The monoisotopic (exact) mass is 432 g/mol. The van der Waals surface area contributed by atoms with Crippen LogP contribution >= 0.6 is 0 Å². The van der Waals surface area contributed by atoms with Crippen molar-refractivity contribution in [2.45, 2.75) is 55.3 Å². The zero-order valence-corrected chi connectivity index (χ0v) is 17.7. The van der Waals surface area contributed by atoms with Crippen LogP contribution in [0.2, 0.25) is 0 Å².